The Morgan fingerprint density at radius 1 is 1.86 bits per heavy atom. The van der Waals surface area contributed by atoms with E-state index in [0.717, 1.165) is 6.42 Å². The summed E-state index contributed by atoms with van der Waals surface area (Å²) in [5.41, 5.74) is 7.13. The third-order valence-electron chi connectivity index (χ3n) is 2.23. The van der Waals surface area contributed by atoms with Gasteiger partial charge in [-0.25, -0.2) is 4.79 Å². The quantitative estimate of drug-likeness (QED) is 0.666. The second kappa shape index (κ2) is 3.17. The van der Waals surface area contributed by atoms with Crippen molar-refractivity contribution in [3.8, 4) is 0 Å². The van der Waals surface area contributed by atoms with Crippen LogP contribution in [0.3, 0.4) is 0 Å². The molecule has 76 valence electrons. The Morgan fingerprint density at radius 2 is 2.64 bits per heavy atom. The molecular weight excluding hydrogens is 188 g/mol. The van der Waals surface area contributed by atoms with E-state index in [-0.39, 0.29) is 5.88 Å². The van der Waals surface area contributed by atoms with Crippen LogP contribution in [0.25, 0.3) is 5.73 Å². The number of hydrogen-bond acceptors (Lipinski definition) is 4. The third-order valence-corrected chi connectivity index (χ3v) is 2.23. The first kappa shape index (κ1) is 8.79. The third kappa shape index (κ3) is 1.36. The molecule has 1 aliphatic heterocycles. The zero-order valence-corrected chi connectivity index (χ0v) is 7.38. The molecule has 1 aromatic heterocycles. The molecule has 0 spiro atoms. The van der Waals surface area contributed by atoms with Gasteiger partial charge in [0.2, 0.25) is 5.27 Å². The Morgan fingerprint density at radius 3 is 3.21 bits per heavy atom. The fourth-order valence-electron chi connectivity index (χ4n) is 1.61. The fourth-order valence-corrected chi connectivity index (χ4v) is 1.61. The zero-order valence-electron chi connectivity index (χ0n) is 7.38. The summed E-state index contributed by atoms with van der Waals surface area (Å²) >= 11 is 0. The van der Waals surface area contributed by atoms with Crippen LogP contribution in [-0.4, -0.2) is 28.9 Å². The molecule has 7 nitrogen and oxygen atoms in total. The van der Waals surface area contributed by atoms with Gasteiger partial charge in [-0.05, 0) is 12.8 Å². The molecule has 1 aromatic rings. The molecule has 1 atom stereocenters. The van der Waals surface area contributed by atoms with E-state index in [0.29, 0.717) is 13.0 Å². The number of rotatable bonds is 2. The predicted octanol–water partition coefficient (Wildman–Crippen LogP) is -0.169. The second-order valence-corrected chi connectivity index (χ2v) is 3.15. The van der Waals surface area contributed by atoms with E-state index >= 15 is 0 Å². The molecule has 2 heterocycles. The molecule has 0 bridgehead atoms. The van der Waals surface area contributed by atoms with Crippen molar-refractivity contribution in [2.45, 2.75) is 18.9 Å². The summed E-state index contributed by atoms with van der Waals surface area (Å²) in [6, 6.07) is -0.565. The number of carbonyl (C=O) groups is 1. The van der Waals surface area contributed by atoms with E-state index in [1.54, 1.807) is 5.01 Å². The number of aliphatic carboxylic acids is 1. The Kier molecular flexibility index (Phi) is 1.99. The van der Waals surface area contributed by atoms with Gasteiger partial charge in [-0.3, -0.25) is 0 Å². The van der Waals surface area contributed by atoms with E-state index in [1.807, 2.05) is 0 Å². The van der Waals surface area contributed by atoms with Crippen LogP contribution >= 0.6 is 0 Å². The van der Waals surface area contributed by atoms with Gasteiger partial charge < -0.3 is 15.4 Å². The van der Waals surface area contributed by atoms with Crippen LogP contribution in [0.15, 0.2) is 10.7 Å². The highest BCUT2D eigenvalue weighted by Crippen LogP contribution is 2.13. The molecular formula is C7H10N4O3. The van der Waals surface area contributed by atoms with E-state index in [4.69, 9.17) is 10.8 Å². The van der Waals surface area contributed by atoms with Crippen molar-refractivity contribution >= 4 is 11.9 Å². The highest BCUT2D eigenvalue weighted by molar-refractivity contribution is 5.75. The van der Waals surface area contributed by atoms with Gasteiger partial charge in [0, 0.05) is 0 Å². The van der Waals surface area contributed by atoms with Gasteiger partial charge in [0.05, 0.1) is 11.3 Å². The minimum Gasteiger partial charge on any atom is -0.660 e. The molecule has 0 saturated carbocycles. The lowest BCUT2D eigenvalue weighted by molar-refractivity contribution is -0.758. The maximum absolute atomic E-state index is 10.8. The number of carboxylic acids is 1. The molecule has 0 aromatic carbocycles. The Hall–Kier alpha value is -1.79. The van der Waals surface area contributed by atoms with Crippen LogP contribution in [0.5, 0.6) is 0 Å². The molecule has 7 heteroatoms. The highest BCUT2D eigenvalue weighted by atomic mass is 16.5. The summed E-state index contributed by atoms with van der Waals surface area (Å²) < 4.78 is 4.55. The van der Waals surface area contributed by atoms with Gasteiger partial charge in [0.15, 0.2) is 6.04 Å². The summed E-state index contributed by atoms with van der Waals surface area (Å²) in [4.78, 5) is 12.1. The zero-order chi connectivity index (χ0) is 10.1. The van der Waals surface area contributed by atoms with E-state index < -0.39 is 12.0 Å². The standard InChI is InChI=1S/C7H10N4O3/c8-6-4-11(9-14-6)10-3-1-2-5(10)7(12)13/h4-5H,1-3H2,(H2-,8,9,12,13)/t5-/m0/s1. The lowest BCUT2D eigenvalue weighted by atomic mass is 10.2. The molecule has 1 aliphatic rings. The highest BCUT2D eigenvalue weighted by Gasteiger charge is 2.37. The molecule has 0 aliphatic carbocycles. The molecule has 0 radical (unpaired) electrons. The van der Waals surface area contributed by atoms with Gasteiger partial charge in [0.25, 0.3) is 6.20 Å². The average molecular weight is 198 g/mol. The number of aromatic nitrogens is 2. The first-order chi connectivity index (χ1) is 6.68. The Bertz CT molecular complexity index is 350. The van der Waals surface area contributed by atoms with Crippen LogP contribution in [-0.2, 0) is 4.79 Å². The van der Waals surface area contributed by atoms with Crippen LogP contribution in [0.1, 0.15) is 12.8 Å². The summed E-state index contributed by atoms with van der Waals surface area (Å²) in [5, 5.41) is 14.0. The lowest BCUT2D eigenvalue weighted by Crippen LogP contribution is -2.62. The maximum atomic E-state index is 10.8. The Balaban J connectivity index is 2.21. The molecule has 1 saturated heterocycles. The molecule has 2 rings (SSSR count). The molecule has 1 fully saturated rings. The molecule has 0 amide bonds. The number of carboxylic acid groups (broad SMARTS) is 1. The minimum absolute atomic E-state index is 0.0824. The van der Waals surface area contributed by atoms with Gasteiger partial charge >= 0.3 is 5.97 Å². The lowest BCUT2D eigenvalue weighted by Gasteiger charge is -2.11. The van der Waals surface area contributed by atoms with Crippen molar-refractivity contribution in [3.05, 3.63) is 11.9 Å². The summed E-state index contributed by atoms with van der Waals surface area (Å²) in [6.07, 6.45) is 2.76. The van der Waals surface area contributed by atoms with Gasteiger partial charge in [-0.15, -0.1) is 5.01 Å². The molecule has 0 unspecified atom stereocenters. The van der Waals surface area contributed by atoms with Crippen molar-refractivity contribution in [3.63, 3.8) is 0 Å². The number of hydrogen-bond donors (Lipinski definition) is 1. The van der Waals surface area contributed by atoms with Crippen LogP contribution in [0.4, 0.5) is 5.88 Å². The average Bonchev–Trinajstić information content (AvgIpc) is 2.70. The number of nitrogens with zero attached hydrogens (tertiary/aromatic N) is 3. The van der Waals surface area contributed by atoms with Gasteiger partial charge in [-0.1, -0.05) is 0 Å². The van der Waals surface area contributed by atoms with Crippen molar-refractivity contribution in [2.24, 2.45) is 0 Å². The van der Waals surface area contributed by atoms with E-state index in [9.17, 15) is 4.79 Å². The first-order valence-electron chi connectivity index (χ1n) is 4.28. The van der Waals surface area contributed by atoms with Crippen LogP contribution < -0.4 is 9.80 Å². The van der Waals surface area contributed by atoms with Crippen molar-refractivity contribution in [1.82, 2.24) is 5.27 Å². The van der Waals surface area contributed by atoms with Crippen LogP contribution in [0, 0.1) is 0 Å². The van der Waals surface area contributed by atoms with E-state index in [2.05, 4.69) is 9.79 Å². The normalized spacial score (nSPS) is 21.4. The van der Waals surface area contributed by atoms with Crippen molar-refractivity contribution in [1.29, 1.82) is 0 Å². The summed E-state index contributed by atoms with van der Waals surface area (Å²) in [7, 11) is 0. The smallest absolute Gasteiger partial charge is 0.332 e. The largest absolute Gasteiger partial charge is 0.660 e. The maximum Gasteiger partial charge on any atom is 0.332 e. The van der Waals surface area contributed by atoms with Gasteiger partial charge in [0.1, 0.15) is 5.88 Å². The first-order valence-corrected chi connectivity index (χ1v) is 4.28. The number of nitrogens with one attached hydrogen (secondary N) is 1. The van der Waals surface area contributed by atoms with Crippen LogP contribution in [0.2, 0.25) is 0 Å². The molecule has 2 N–H and O–H groups in total. The Labute approximate surface area is 79.6 Å². The monoisotopic (exact) mass is 198 g/mol. The minimum atomic E-state index is -0.871. The molecule has 14 heavy (non-hydrogen) atoms. The fraction of sp³-hybridized carbons (Fsp3) is 0.571. The predicted molar refractivity (Wildman–Crippen MR) is 44.4 cm³/mol. The summed E-state index contributed by atoms with van der Waals surface area (Å²) in [5.74, 6) is -0.953. The van der Waals surface area contributed by atoms with Gasteiger partial charge in [-0.2, -0.15) is 0 Å². The van der Waals surface area contributed by atoms with Crippen molar-refractivity contribution < 1.29 is 19.2 Å². The SMILES string of the molecule is [NH-]c1c[n+](N2CCC[C@H]2C(=O)O)no1. The topological polar surface area (TPSA) is 94.2 Å². The second-order valence-electron chi connectivity index (χ2n) is 3.15. The van der Waals surface area contributed by atoms with Crippen molar-refractivity contribution in [2.75, 3.05) is 11.6 Å². The summed E-state index contributed by atoms with van der Waals surface area (Å²) in [6.45, 7) is 0.619. The van der Waals surface area contributed by atoms with E-state index in [1.165, 1.54) is 11.0 Å².